The maximum absolute atomic E-state index is 8.71. The van der Waals surface area contributed by atoms with E-state index >= 15 is 0 Å². The highest BCUT2D eigenvalue weighted by atomic mass is 35.5. The fourth-order valence-corrected chi connectivity index (χ4v) is 2.94. The monoisotopic (exact) mass is 347 g/mol. The van der Waals surface area contributed by atoms with Crippen LogP contribution in [0.2, 0.25) is 15.1 Å². The molecule has 20 heavy (non-hydrogen) atoms. The number of oxime groups is 1. The summed E-state index contributed by atoms with van der Waals surface area (Å²) in [5.74, 6) is -0.0756. The Bertz CT molecular complexity index is 679. The van der Waals surface area contributed by atoms with Crippen LogP contribution in [0.3, 0.4) is 0 Å². The quantitative estimate of drug-likeness (QED) is 0.376. The zero-order chi connectivity index (χ0) is 14.7. The van der Waals surface area contributed by atoms with Gasteiger partial charge in [-0.15, -0.1) is 0 Å². The van der Waals surface area contributed by atoms with Crippen LogP contribution in [0.4, 0.5) is 0 Å². The fraction of sp³-hybridized carbons (Fsp3) is 0. The molecule has 0 aliphatic carbocycles. The van der Waals surface area contributed by atoms with Crippen LogP contribution >= 0.6 is 46.6 Å². The molecule has 1 aromatic heterocycles. The Labute approximate surface area is 134 Å². The van der Waals surface area contributed by atoms with Gasteiger partial charge in [-0.2, -0.15) is 0 Å². The molecule has 0 saturated heterocycles. The minimum atomic E-state index is -0.0756. The lowest BCUT2D eigenvalue weighted by atomic mass is 10.2. The summed E-state index contributed by atoms with van der Waals surface area (Å²) in [7, 11) is 0. The van der Waals surface area contributed by atoms with Crippen molar-refractivity contribution in [3.8, 4) is 0 Å². The molecule has 3 N–H and O–H groups in total. The average molecular weight is 349 g/mol. The number of nitrogens with two attached hydrogens (primary N) is 1. The number of benzene rings is 1. The lowest BCUT2D eigenvalue weighted by molar-refractivity contribution is 0.318. The highest BCUT2D eigenvalue weighted by Crippen LogP contribution is 2.35. The van der Waals surface area contributed by atoms with Crippen molar-refractivity contribution in [2.75, 3.05) is 0 Å². The van der Waals surface area contributed by atoms with Gasteiger partial charge in [0.05, 0.1) is 15.1 Å². The number of nitrogens with zero attached hydrogens (tertiary/aromatic N) is 2. The number of hydrogen-bond acceptors (Lipinski definition) is 4. The van der Waals surface area contributed by atoms with Crippen LogP contribution in [0.25, 0.3) is 0 Å². The van der Waals surface area contributed by atoms with E-state index in [9.17, 15) is 0 Å². The molecule has 0 atom stereocenters. The molecule has 4 nitrogen and oxygen atoms in total. The van der Waals surface area contributed by atoms with Crippen LogP contribution in [0.1, 0.15) is 5.56 Å². The Kier molecular flexibility index (Phi) is 4.99. The van der Waals surface area contributed by atoms with E-state index in [1.807, 2.05) is 0 Å². The van der Waals surface area contributed by atoms with E-state index in [1.165, 1.54) is 18.0 Å². The van der Waals surface area contributed by atoms with Crippen LogP contribution in [0.5, 0.6) is 0 Å². The van der Waals surface area contributed by atoms with Gasteiger partial charge >= 0.3 is 0 Å². The maximum Gasteiger partial charge on any atom is 0.171 e. The number of aromatic nitrogens is 1. The molecule has 0 fully saturated rings. The van der Waals surface area contributed by atoms with Gasteiger partial charge < -0.3 is 10.9 Å². The van der Waals surface area contributed by atoms with Crippen LogP contribution in [0.15, 0.2) is 45.5 Å². The summed E-state index contributed by atoms with van der Waals surface area (Å²) in [6.07, 6.45) is 1.53. The molecule has 0 saturated carbocycles. The predicted octanol–water partition coefficient (Wildman–Crippen LogP) is 4.29. The van der Waals surface area contributed by atoms with E-state index in [1.54, 1.807) is 24.3 Å². The van der Waals surface area contributed by atoms with Gasteiger partial charge in [-0.1, -0.05) is 51.7 Å². The van der Waals surface area contributed by atoms with E-state index in [0.717, 1.165) is 4.90 Å². The van der Waals surface area contributed by atoms with Crippen molar-refractivity contribution in [3.05, 3.63) is 51.1 Å². The van der Waals surface area contributed by atoms with Gasteiger partial charge in [0, 0.05) is 16.7 Å². The van der Waals surface area contributed by atoms with Crippen molar-refractivity contribution in [2.24, 2.45) is 10.9 Å². The summed E-state index contributed by atoms with van der Waals surface area (Å²) in [6, 6.07) is 6.76. The Morgan fingerprint density at radius 2 is 1.95 bits per heavy atom. The molecule has 2 rings (SSSR count). The third-order valence-corrected chi connectivity index (χ3v) is 4.57. The van der Waals surface area contributed by atoms with Gasteiger partial charge in [-0.3, -0.25) is 0 Å². The predicted molar refractivity (Wildman–Crippen MR) is 82.3 cm³/mol. The molecule has 104 valence electrons. The second-order valence-electron chi connectivity index (χ2n) is 3.64. The molecule has 0 aliphatic rings. The Morgan fingerprint density at radius 1 is 1.20 bits per heavy atom. The first-order valence-electron chi connectivity index (χ1n) is 5.28. The summed E-state index contributed by atoms with van der Waals surface area (Å²) in [6.45, 7) is 0. The van der Waals surface area contributed by atoms with Gasteiger partial charge in [-0.25, -0.2) is 4.98 Å². The van der Waals surface area contributed by atoms with Gasteiger partial charge in [0.15, 0.2) is 5.84 Å². The number of halogens is 3. The second-order valence-corrected chi connectivity index (χ2v) is 5.90. The molecule has 8 heteroatoms. The van der Waals surface area contributed by atoms with Crippen LogP contribution < -0.4 is 5.73 Å². The number of rotatable bonds is 3. The summed E-state index contributed by atoms with van der Waals surface area (Å²) < 4.78 is 0. The lowest BCUT2D eigenvalue weighted by Gasteiger charge is -2.07. The third-order valence-electron chi connectivity index (χ3n) is 2.35. The molecular formula is C12H8Cl3N3OS. The van der Waals surface area contributed by atoms with Gasteiger partial charge in [0.25, 0.3) is 0 Å². The Morgan fingerprint density at radius 3 is 2.60 bits per heavy atom. The molecular weight excluding hydrogens is 341 g/mol. The zero-order valence-electron chi connectivity index (χ0n) is 9.85. The van der Waals surface area contributed by atoms with Gasteiger partial charge in [0.1, 0.15) is 5.03 Å². The van der Waals surface area contributed by atoms with Crippen LogP contribution in [0, 0.1) is 0 Å². The molecule has 0 bridgehead atoms. The first-order chi connectivity index (χ1) is 9.52. The van der Waals surface area contributed by atoms with Crippen LogP contribution in [-0.4, -0.2) is 16.0 Å². The Hall–Kier alpha value is -1.14. The maximum atomic E-state index is 8.71. The first-order valence-corrected chi connectivity index (χ1v) is 7.23. The number of pyridine rings is 1. The first kappa shape index (κ1) is 15.3. The molecule has 0 unspecified atom stereocenters. The van der Waals surface area contributed by atoms with E-state index in [4.69, 9.17) is 45.7 Å². The van der Waals surface area contributed by atoms with Crippen molar-refractivity contribution >= 4 is 52.4 Å². The summed E-state index contributed by atoms with van der Waals surface area (Å²) in [5, 5.41) is 13.4. The molecule has 1 aromatic carbocycles. The molecule has 2 aromatic rings. The third kappa shape index (κ3) is 3.30. The highest BCUT2D eigenvalue weighted by Gasteiger charge is 2.12. The number of hydrogen-bond donors (Lipinski definition) is 2. The van der Waals surface area contributed by atoms with Crippen molar-refractivity contribution in [2.45, 2.75) is 9.92 Å². The summed E-state index contributed by atoms with van der Waals surface area (Å²) in [4.78, 5) is 4.99. The zero-order valence-corrected chi connectivity index (χ0v) is 12.9. The van der Waals surface area contributed by atoms with Crippen molar-refractivity contribution in [1.29, 1.82) is 0 Å². The highest BCUT2D eigenvalue weighted by molar-refractivity contribution is 7.99. The SMILES string of the molecule is N/C(=N/O)c1ccnc(Sc2ccc(Cl)c(Cl)c2)c1Cl. The molecule has 0 radical (unpaired) electrons. The van der Waals surface area contributed by atoms with E-state index in [0.29, 0.717) is 25.7 Å². The minimum Gasteiger partial charge on any atom is -0.409 e. The molecule has 0 spiro atoms. The largest absolute Gasteiger partial charge is 0.409 e. The van der Waals surface area contributed by atoms with E-state index < -0.39 is 0 Å². The standard InChI is InChI=1S/C12H8Cl3N3OS/c13-8-2-1-6(5-9(8)14)20-12-10(15)7(3-4-17-12)11(16)18-19/h1-5,19H,(H2,16,18). The van der Waals surface area contributed by atoms with Crippen molar-refractivity contribution < 1.29 is 5.21 Å². The van der Waals surface area contributed by atoms with Gasteiger partial charge in [0.2, 0.25) is 0 Å². The molecule has 0 amide bonds. The normalized spacial score (nSPS) is 11.7. The Balaban J connectivity index is 2.36. The van der Waals surface area contributed by atoms with E-state index in [-0.39, 0.29) is 5.84 Å². The fourth-order valence-electron chi connectivity index (χ4n) is 1.40. The minimum absolute atomic E-state index is 0.0756. The molecule has 0 aliphatic heterocycles. The topological polar surface area (TPSA) is 71.5 Å². The lowest BCUT2D eigenvalue weighted by Crippen LogP contribution is -2.14. The second kappa shape index (κ2) is 6.54. The smallest absolute Gasteiger partial charge is 0.171 e. The van der Waals surface area contributed by atoms with Crippen molar-refractivity contribution in [3.63, 3.8) is 0 Å². The van der Waals surface area contributed by atoms with Gasteiger partial charge in [-0.05, 0) is 24.3 Å². The van der Waals surface area contributed by atoms with Crippen LogP contribution in [-0.2, 0) is 0 Å². The number of amidine groups is 1. The average Bonchev–Trinajstić information content (AvgIpc) is 2.44. The van der Waals surface area contributed by atoms with Crippen molar-refractivity contribution in [1.82, 2.24) is 4.98 Å². The summed E-state index contributed by atoms with van der Waals surface area (Å²) in [5.41, 5.74) is 5.95. The molecule has 1 heterocycles. The summed E-state index contributed by atoms with van der Waals surface area (Å²) >= 11 is 19.3. The van der Waals surface area contributed by atoms with E-state index in [2.05, 4.69) is 10.1 Å².